The van der Waals surface area contributed by atoms with Gasteiger partial charge in [-0.15, -0.1) is 0 Å². The Morgan fingerprint density at radius 3 is 2.61 bits per heavy atom. The molecule has 0 spiro atoms. The summed E-state index contributed by atoms with van der Waals surface area (Å²) in [5.41, 5.74) is 1.39. The zero-order valence-corrected chi connectivity index (χ0v) is 17.5. The smallest absolute Gasteiger partial charge is 0.412 e. The molecule has 7 nitrogen and oxygen atoms in total. The molecule has 0 saturated carbocycles. The summed E-state index contributed by atoms with van der Waals surface area (Å²) in [7, 11) is 0. The van der Waals surface area contributed by atoms with Crippen molar-refractivity contribution in [3.05, 3.63) is 29.8 Å². The van der Waals surface area contributed by atoms with E-state index in [4.69, 9.17) is 9.47 Å². The minimum Gasteiger partial charge on any atom is -0.444 e. The number of amides is 1. The van der Waals surface area contributed by atoms with E-state index in [1.54, 1.807) is 0 Å². The molecular weight excluding hydrogens is 356 g/mol. The van der Waals surface area contributed by atoms with Crippen LogP contribution in [0.4, 0.5) is 10.5 Å². The third kappa shape index (κ3) is 8.61. The Hall–Kier alpha value is -2.28. The molecule has 2 rings (SSSR count). The van der Waals surface area contributed by atoms with Crippen molar-refractivity contribution in [3.8, 4) is 0 Å². The molecular formula is C21H34N4O3. The van der Waals surface area contributed by atoms with Crippen LogP contribution in [-0.4, -0.2) is 50.0 Å². The van der Waals surface area contributed by atoms with E-state index in [0.29, 0.717) is 6.54 Å². The molecule has 1 fully saturated rings. The maximum atomic E-state index is 11.8. The van der Waals surface area contributed by atoms with E-state index in [2.05, 4.69) is 27.9 Å². The van der Waals surface area contributed by atoms with Gasteiger partial charge in [0.15, 0.2) is 5.96 Å². The summed E-state index contributed by atoms with van der Waals surface area (Å²) >= 11 is 0. The van der Waals surface area contributed by atoms with E-state index in [1.807, 2.05) is 45.0 Å². The van der Waals surface area contributed by atoms with Crippen LogP contribution in [0.1, 0.15) is 46.1 Å². The van der Waals surface area contributed by atoms with Crippen molar-refractivity contribution in [1.29, 1.82) is 0 Å². The van der Waals surface area contributed by atoms with E-state index < -0.39 is 11.7 Å². The minimum atomic E-state index is -0.509. The van der Waals surface area contributed by atoms with E-state index >= 15 is 0 Å². The first-order valence-electron chi connectivity index (χ1n) is 10.1. The largest absolute Gasteiger partial charge is 0.444 e. The summed E-state index contributed by atoms with van der Waals surface area (Å²) in [6, 6.07) is 7.78. The Morgan fingerprint density at radius 2 is 2.00 bits per heavy atom. The van der Waals surface area contributed by atoms with E-state index in [9.17, 15) is 4.79 Å². The number of hydrogen-bond donors (Lipinski definition) is 3. The molecule has 7 heteroatoms. The van der Waals surface area contributed by atoms with Gasteiger partial charge >= 0.3 is 6.09 Å². The van der Waals surface area contributed by atoms with Crippen molar-refractivity contribution in [2.75, 3.05) is 31.6 Å². The molecule has 1 aromatic rings. The van der Waals surface area contributed by atoms with Crippen LogP contribution in [0.3, 0.4) is 0 Å². The monoisotopic (exact) mass is 390 g/mol. The fourth-order valence-corrected chi connectivity index (χ4v) is 2.82. The number of carbonyl (C=O) groups excluding carboxylic acids is 1. The van der Waals surface area contributed by atoms with Crippen LogP contribution < -0.4 is 16.0 Å². The van der Waals surface area contributed by atoms with Crippen molar-refractivity contribution in [1.82, 2.24) is 10.6 Å². The molecule has 3 N–H and O–H groups in total. The van der Waals surface area contributed by atoms with Crippen LogP contribution in [0.5, 0.6) is 0 Å². The standard InChI is InChI=1S/C21H34N4O3/c1-5-22-19(24-15-18-7-6-14-27-18)23-13-12-16-8-10-17(11-9-16)25-20(26)28-21(2,3)4/h8-11,18H,5-7,12-15H2,1-4H3,(H,25,26)(H2,22,23,24). The van der Waals surface area contributed by atoms with E-state index in [1.165, 1.54) is 5.56 Å². The third-order valence-corrected chi connectivity index (χ3v) is 4.13. The second kappa shape index (κ2) is 10.9. The lowest BCUT2D eigenvalue weighted by Gasteiger charge is -2.19. The molecule has 0 bridgehead atoms. The van der Waals surface area contributed by atoms with Crippen LogP contribution in [0, 0.1) is 0 Å². The normalized spacial score (nSPS) is 17.3. The zero-order valence-electron chi connectivity index (χ0n) is 17.5. The van der Waals surface area contributed by atoms with Gasteiger partial charge < -0.3 is 20.1 Å². The van der Waals surface area contributed by atoms with Gasteiger partial charge in [0.2, 0.25) is 0 Å². The lowest BCUT2D eigenvalue weighted by molar-refractivity contribution is 0.0636. The van der Waals surface area contributed by atoms with Gasteiger partial charge in [-0.1, -0.05) is 12.1 Å². The molecule has 0 aromatic heterocycles. The maximum Gasteiger partial charge on any atom is 0.412 e. The molecule has 1 unspecified atom stereocenters. The fourth-order valence-electron chi connectivity index (χ4n) is 2.82. The molecule has 1 heterocycles. The molecule has 1 aromatic carbocycles. The maximum absolute atomic E-state index is 11.8. The van der Waals surface area contributed by atoms with Gasteiger partial charge in [0.05, 0.1) is 12.6 Å². The fraction of sp³-hybridized carbons (Fsp3) is 0.619. The number of carbonyl (C=O) groups is 1. The number of hydrogen-bond acceptors (Lipinski definition) is 4. The number of aliphatic imine (C=N–C) groups is 1. The van der Waals surface area contributed by atoms with Gasteiger partial charge in [-0.25, -0.2) is 4.79 Å². The van der Waals surface area contributed by atoms with Gasteiger partial charge in [0.25, 0.3) is 0 Å². The average Bonchev–Trinajstić information content (AvgIpc) is 3.13. The lowest BCUT2D eigenvalue weighted by atomic mass is 10.1. The van der Waals surface area contributed by atoms with Gasteiger partial charge in [-0.05, 0) is 64.7 Å². The Kier molecular flexibility index (Phi) is 8.57. The number of rotatable bonds is 7. The second-order valence-corrected chi connectivity index (χ2v) is 7.86. The van der Waals surface area contributed by atoms with Crippen LogP contribution in [0.15, 0.2) is 29.3 Å². The summed E-state index contributed by atoms with van der Waals surface area (Å²) in [5, 5.41) is 9.37. The molecule has 1 saturated heterocycles. The summed E-state index contributed by atoms with van der Waals surface area (Å²) in [4.78, 5) is 16.4. The number of nitrogens with zero attached hydrogens (tertiary/aromatic N) is 1. The van der Waals surface area contributed by atoms with E-state index in [0.717, 1.165) is 50.6 Å². The predicted molar refractivity (Wildman–Crippen MR) is 113 cm³/mol. The highest BCUT2D eigenvalue weighted by Crippen LogP contribution is 2.13. The predicted octanol–water partition coefficient (Wildman–Crippen LogP) is 3.31. The molecule has 1 atom stereocenters. The first-order chi connectivity index (χ1) is 13.4. The Bertz CT molecular complexity index is 632. The third-order valence-electron chi connectivity index (χ3n) is 4.13. The quantitative estimate of drug-likeness (QED) is 0.491. The van der Waals surface area contributed by atoms with Crippen molar-refractivity contribution >= 4 is 17.7 Å². The zero-order chi connectivity index (χ0) is 20.4. The molecule has 0 aliphatic carbocycles. The van der Waals surface area contributed by atoms with Crippen LogP contribution in [-0.2, 0) is 15.9 Å². The van der Waals surface area contributed by atoms with Gasteiger partial charge in [0, 0.05) is 25.4 Å². The number of nitrogens with one attached hydrogen (secondary N) is 3. The SMILES string of the molecule is CCNC(=NCC1CCCO1)NCCc1ccc(NC(=O)OC(C)(C)C)cc1. The van der Waals surface area contributed by atoms with Gasteiger partial charge in [-0.3, -0.25) is 10.3 Å². The summed E-state index contributed by atoms with van der Waals surface area (Å²) in [5.74, 6) is 0.821. The molecule has 1 aliphatic rings. The number of guanidine groups is 1. The molecule has 1 aliphatic heterocycles. The molecule has 156 valence electrons. The lowest BCUT2D eigenvalue weighted by Crippen LogP contribution is -2.38. The number of ether oxygens (including phenoxy) is 2. The Morgan fingerprint density at radius 1 is 1.25 bits per heavy atom. The summed E-state index contributed by atoms with van der Waals surface area (Å²) in [6.45, 7) is 10.7. The van der Waals surface area contributed by atoms with Crippen LogP contribution >= 0.6 is 0 Å². The first kappa shape index (κ1) is 22.0. The second-order valence-electron chi connectivity index (χ2n) is 7.86. The topological polar surface area (TPSA) is 84.0 Å². The highest BCUT2D eigenvalue weighted by atomic mass is 16.6. The summed E-state index contributed by atoms with van der Waals surface area (Å²) < 4.78 is 10.9. The number of benzene rings is 1. The number of anilines is 1. The molecule has 1 amide bonds. The Balaban J connectivity index is 1.76. The van der Waals surface area contributed by atoms with Gasteiger partial charge in [0.1, 0.15) is 5.60 Å². The van der Waals surface area contributed by atoms with E-state index in [-0.39, 0.29) is 6.10 Å². The average molecular weight is 391 g/mol. The van der Waals surface area contributed by atoms with Crippen LogP contribution in [0.2, 0.25) is 0 Å². The highest BCUT2D eigenvalue weighted by Gasteiger charge is 2.16. The van der Waals surface area contributed by atoms with Crippen molar-refractivity contribution in [2.24, 2.45) is 4.99 Å². The van der Waals surface area contributed by atoms with Crippen molar-refractivity contribution < 1.29 is 14.3 Å². The highest BCUT2D eigenvalue weighted by molar-refractivity contribution is 5.84. The molecule has 28 heavy (non-hydrogen) atoms. The van der Waals surface area contributed by atoms with Crippen molar-refractivity contribution in [2.45, 2.75) is 58.7 Å². The summed E-state index contributed by atoms with van der Waals surface area (Å²) in [6.07, 6.45) is 2.88. The first-order valence-corrected chi connectivity index (χ1v) is 10.1. The molecule has 0 radical (unpaired) electrons. The van der Waals surface area contributed by atoms with Crippen molar-refractivity contribution in [3.63, 3.8) is 0 Å². The van der Waals surface area contributed by atoms with Crippen LogP contribution in [0.25, 0.3) is 0 Å². The van der Waals surface area contributed by atoms with Gasteiger partial charge in [-0.2, -0.15) is 0 Å². The Labute approximate surface area is 168 Å². The minimum absolute atomic E-state index is 0.250.